The molecule has 0 unspecified atom stereocenters. The maximum absolute atomic E-state index is 13.5. The van der Waals surface area contributed by atoms with Crippen LogP contribution in [0.25, 0.3) is 10.9 Å². The minimum atomic E-state index is -4.40. The van der Waals surface area contributed by atoms with Gasteiger partial charge in [-0.1, -0.05) is 31.2 Å². The van der Waals surface area contributed by atoms with Crippen molar-refractivity contribution in [1.82, 2.24) is 30.1 Å². The Kier molecular flexibility index (Phi) is 6.96. The summed E-state index contributed by atoms with van der Waals surface area (Å²) in [5, 5.41) is 13.6. The van der Waals surface area contributed by atoms with Crippen molar-refractivity contribution < 1.29 is 13.2 Å². The number of pyridine rings is 1. The van der Waals surface area contributed by atoms with E-state index in [-0.39, 0.29) is 5.56 Å². The average molecular weight is 540 g/mol. The van der Waals surface area contributed by atoms with E-state index in [2.05, 4.69) is 32.3 Å². The quantitative estimate of drug-likeness (QED) is 0.376. The maximum Gasteiger partial charge on any atom is 0.416 e. The number of anilines is 1. The molecule has 0 saturated carbocycles. The van der Waals surface area contributed by atoms with Gasteiger partial charge < -0.3 is 9.88 Å². The van der Waals surface area contributed by atoms with Gasteiger partial charge in [-0.3, -0.25) is 9.69 Å². The molecule has 1 saturated heterocycles. The van der Waals surface area contributed by atoms with Crippen molar-refractivity contribution in [2.45, 2.75) is 51.9 Å². The Bertz CT molecular complexity index is 1530. The van der Waals surface area contributed by atoms with E-state index >= 15 is 0 Å². The topological polar surface area (TPSA) is 82.9 Å². The first kappa shape index (κ1) is 26.9. The molecule has 206 valence electrons. The van der Waals surface area contributed by atoms with Gasteiger partial charge >= 0.3 is 6.18 Å². The van der Waals surface area contributed by atoms with E-state index in [1.165, 1.54) is 12.1 Å². The lowest BCUT2D eigenvalue weighted by Crippen LogP contribution is -2.49. The number of para-hydroxylation sites is 1. The molecule has 8 nitrogen and oxygen atoms in total. The summed E-state index contributed by atoms with van der Waals surface area (Å²) in [6, 6.07) is 12.6. The van der Waals surface area contributed by atoms with Crippen LogP contribution >= 0.6 is 0 Å². The van der Waals surface area contributed by atoms with Gasteiger partial charge in [-0.2, -0.15) is 13.2 Å². The molecule has 3 heterocycles. The highest BCUT2D eigenvalue weighted by Gasteiger charge is 2.36. The van der Waals surface area contributed by atoms with E-state index in [0.717, 1.165) is 29.0 Å². The van der Waals surface area contributed by atoms with Gasteiger partial charge in [-0.25, -0.2) is 4.68 Å². The molecule has 4 aromatic rings. The Labute approximate surface area is 224 Å². The summed E-state index contributed by atoms with van der Waals surface area (Å²) in [5.41, 5.74) is 1.54. The van der Waals surface area contributed by atoms with Crippen molar-refractivity contribution >= 4 is 16.6 Å². The largest absolute Gasteiger partial charge is 0.416 e. The first-order valence-corrected chi connectivity index (χ1v) is 13.1. The molecule has 1 fully saturated rings. The van der Waals surface area contributed by atoms with Gasteiger partial charge in [0.1, 0.15) is 6.04 Å². The number of rotatable bonds is 6. The van der Waals surface area contributed by atoms with Crippen LogP contribution in [0.1, 0.15) is 55.7 Å². The van der Waals surface area contributed by atoms with Crippen LogP contribution in [0.4, 0.5) is 18.9 Å². The smallest absolute Gasteiger partial charge is 0.369 e. The van der Waals surface area contributed by atoms with Gasteiger partial charge in [0.05, 0.1) is 16.6 Å². The molecule has 0 amide bonds. The predicted octanol–water partition coefficient (Wildman–Crippen LogP) is 4.90. The lowest BCUT2D eigenvalue weighted by atomic mass is 9.98. The van der Waals surface area contributed by atoms with Crippen LogP contribution < -0.4 is 10.5 Å². The number of tetrazole rings is 1. The SMILES string of the molecule is CCC(C)(C)n1nnnc1[C@@H](c1cc2cccc(C)c2[nH]c1=O)N1CCN(c2cccc(C(F)(F)F)c2)CC1. The Morgan fingerprint density at radius 3 is 2.44 bits per heavy atom. The minimum Gasteiger partial charge on any atom is -0.369 e. The fourth-order valence-corrected chi connectivity index (χ4v) is 5.17. The number of nitrogens with zero attached hydrogens (tertiary/aromatic N) is 6. The second kappa shape index (κ2) is 10.1. The molecular weight excluding hydrogens is 507 g/mol. The number of hydrogen-bond acceptors (Lipinski definition) is 6. The Hall–Kier alpha value is -3.73. The van der Waals surface area contributed by atoms with Crippen LogP contribution in [0.3, 0.4) is 0 Å². The molecular formula is C28H32F3N7O. The van der Waals surface area contributed by atoms with Crippen molar-refractivity contribution in [3.63, 3.8) is 0 Å². The standard InChI is InChI=1S/C28H32F3N7O/c1-5-27(3,4)38-25(33-34-35-38)24(22-16-19-9-6-8-18(2)23(19)32-26(22)39)37-14-12-36(13-15-37)21-11-7-10-20(17-21)28(29,30)31/h6-11,16-17,24H,5,12-15H2,1-4H3,(H,32,39)/t24-/m1/s1. The molecule has 0 radical (unpaired) electrons. The highest BCUT2D eigenvalue weighted by molar-refractivity contribution is 5.82. The number of alkyl halides is 3. The van der Waals surface area contributed by atoms with Gasteiger partial charge in [0.15, 0.2) is 5.82 Å². The van der Waals surface area contributed by atoms with Gasteiger partial charge in [-0.15, -0.1) is 5.10 Å². The summed E-state index contributed by atoms with van der Waals surface area (Å²) >= 11 is 0. The molecule has 0 aliphatic carbocycles. The number of piperazine rings is 1. The lowest BCUT2D eigenvalue weighted by molar-refractivity contribution is -0.137. The van der Waals surface area contributed by atoms with E-state index in [9.17, 15) is 18.0 Å². The molecule has 1 aliphatic heterocycles. The number of aromatic amines is 1. The van der Waals surface area contributed by atoms with Crippen molar-refractivity contribution in [2.75, 3.05) is 31.1 Å². The Morgan fingerprint density at radius 2 is 1.74 bits per heavy atom. The molecule has 39 heavy (non-hydrogen) atoms. The van der Waals surface area contributed by atoms with Crippen LogP contribution in [0.2, 0.25) is 0 Å². The molecule has 1 aliphatic rings. The predicted molar refractivity (Wildman–Crippen MR) is 144 cm³/mol. The molecule has 1 atom stereocenters. The fourth-order valence-electron chi connectivity index (χ4n) is 5.17. The van der Waals surface area contributed by atoms with Crippen molar-refractivity contribution in [2.24, 2.45) is 0 Å². The molecule has 11 heteroatoms. The summed E-state index contributed by atoms with van der Waals surface area (Å²) < 4.78 is 41.7. The molecule has 2 aromatic heterocycles. The number of aryl methyl sites for hydroxylation is 1. The molecule has 0 bridgehead atoms. The van der Waals surface area contributed by atoms with E-state index in [4.69, 9.17) is 0 Å². The highest BCUT2D eigenvalue weighted by atomic mass is 19.4. The number of halogens is 3. The van der Waals surface area contributed by atoms with Crippen LogP contribution in [0.5, 0.6) is 0 Å². The van der Waals surface area contributed by atoms with E-state index in [1.54, 1.807) is 10.7 Å². The minimum absolute atomic E-state index is 0.217. The summed E-state index contributed by atoms with van der Waals surface area (Å²) in [6.45, 7) is 10.1. The first-order valence-electron chi connectivity index (χ1n) is 13.1. The van der Waals surface area contributed by atoms with Crippen LogP contribution in [-0.2, 0) is 11.7 Å². The number of hydrogen-bond donors (Lipinski definition) is 1. The van der Waals surface area contributed by atoms with Crippen LogP contribution in [0, 0.1) is 6.92 Å². The Morgan fingerprint density at radius 1 is 1.03 bits per heavy atom. The number of H-pyrrole nitrogens is 1. The van der Waals surface area contributed by atoms with Gasteiger partial charge in [0.2, 0.25) is 0 Å². The van der Waals surface area contributed by atoms with E-state index < -0.39 is 23.3 Å². The van der Waals surface area contributed by atoms with Crippen molar-refractivity contribution in [3.8, 4) is 0 Å². The zero-order valence-electron chi connectivity index (χ0n) is 22.5. The summed E-state index contributed by atoms with van der Waals surface area (Å²) in [7, 11) is 0. The Balaban J connectivity index is 1.53. The van der Waals surface area contributed by atoms with Gasteiger partial charge in [-0.05, 0) is 72.8 Å². The molecule has 1 N–H and O–H groups in total. The van der Waals surface area contributed by atoms with E-state index in [0.29, 0.717) is 43.3 Å². The lowest BCUT2D eigenvalue weighted by Gasteiger charge is -2.40. The average Bonchev–Trinajstić information content (AvgIpc) is 3.40. The van der Waals surface area contributed by atoms with Gasteiger partial charge in [0.25, 0.3) is 5.56 Å². The third-order valence-electron chi connectivity index (χ3n) is 7.81. The number of fused-ring (bicyclic) bond motifs is 1. The second-order valence-electron chi connectivity index (χ2n) is 10.7. The van der Waals surface area contributed by atoms with Crippen LogP contribution in [-0.4, -0.2) is 56.3 Å². The van der Waals surface area contributed by atoms with Gasteiger partial charge in [0, 0.05) is 37.4 Å². The third kappa shape index (κ3) is 5.15. The summed E-state index contributed by atoms with van der Waals surface area (Å²) in [6.07, 6.45) is -3.63. The molecule has 2 aromatic carbocycles. The highest BCUT2D eigenvalue weighted by Crippen LogP contribution is 2.34. The number of nitrogens with one attached hydrogen (secondary N) is 1. The number of benzene rings is 2. The van der Waals surface area contributed by atoms with Crippen LogP contribution in [0.15, 0.2) is 53.3 Å². The summed E-state index contributed by atoms with van der Waals surface area (Å²) in [5.74, 6) is 0.562. The van der Waals surface area contributed by atoms with Crippen molar-refractivity contribution in [3.05, 3.63) is 81.4 Å². The zero-order valence-corrected chi connectivity index (χ0v) is 22.5. The number of aromatic nitrogens is 5. The second-order valence-corrected chi connectivity index (χ2v) is 10.7. The maximum atomic E-state index is 13.5. The normalized spacial score (nSPS) is 16.1. The monoisotopic (exact) mass is 539 g/mol. The first-order chi connectivity index (χ1) is 18.5. The third-order valence-corrected chi connectivity index (χ3v) is 7.81. The summed E-state index contributed by atoms with van der Waals surface area (Å²) in [4.78, 5) is 20.7. The molecule has 5 rings (SSSR count). The zero-order chi connectivity index (χ0) is 27.9. The fraction of sp³-hybridized carbons (Fsp3) is 0.429. The molecule has 0 spiro atoms. The van der Waals surface area contributed by atoms with E-state index in [1.807, 2.05) is 49.9 Å². The van der Waals surface area contributed by atoms with Crippen molar-refractivity contribution in [1.29, 1.82) is 0 Å².